The fraction of sp³-hybridized carbons (Fsp3) is 0.571. The van der Waals surface area contributed by atoms with Gasteiger partial charge in [0.05, 0.1) is 0 Å². The van der Waals surface area contributed by atoms with Crippen LogP contribution >= 0.6 is 0 Å². The maximum absolute atomic E-state index is 12.5. The molecule has 2 nitrogen and oxygen atoms in total. The number of ether oxygens (including phenoxy) is 1. The Hall–Kier alpha value is -1.23. The third-order valence-corrected chi connectivity index (χ3v) is 3.55. The van der Waals surface area contributed by atoms with Gasteiger partial charge in [0.2, 0.25) is 0 Å². The molecule has 0 spiro atoms. The van der Waals surface area contributed by atoms with Crippen LogP contribution in [0.15, 0.2) is 24.3 Å². The standard InChI is InChI=1S/C14H18F3NO/c1-2-8-13(9-5-10-18-13)11-6-3-4-7-12(11)19-14(15,16)17/h3-4,6-7,18H,2,5,8-10H2,1H3. The van der Waals surface area contributed by atoms with Crippen molar-refractivity contribution in [2.45, 2.75) is 44.5 Å². The van der Waals surface area contributed by atoms with Gasteiger partial charge >= 0.3 is 6.36 Å². The lowest BCUT2D eigenvalue weighted by Crippen LogP contribution is -2.37. The molecular weight excluding hydrogens is 255 g/mol. The smallest absolute Gasteiger partial charge is 0.405 e. The van der Waals surface area contributed by atoms with E-state index >= 15 is 0 Å². The van der Waals surface area contributed by atoms with Crippen molar-refractivity contribution in [2.24, 2.45) is 0 Å². The molecule has 5 heteroatoms. The summed E-state index contributed by atoms with van der Waals surface area (Å²) in [6.45, 7) is 2.87. The molecule has 1 aromatic carbocycles. The van der Waals surface area contributed by atoms with Gasteiger partial charge in [-0.3, -0.25) is 0 Å². The van der Waals surface area contributed by atoms with Crippen LogP contribution in [0.1, 0.15) is 38.2 Å². The lowest BCUT2D eigenvalue weighted by Gasteiger charge is -2.31. The van der Waals surface area contributed by atoms with Gasteiger partial charge in [-0.2, -0.15) is 0 Å². The minimum absolute atomic E-state index is 0.0853. The molecule has 1 aliphatic rings. The molecule has 0 aliphatic carbocycles. The van der Waals surface area contributed by atoms with Crippen LogP contribution in [-0.4, -0.2) is 12.9 Å². The van der Waals surface area contributed by atoms with Crippen molar-refractivity contribution in [1.29, 1.82) is 0 Å². The Morgan fingerprint density at radius 3 is 2.63 bits per heavy atom. The van der Waals surface area contributed by atoms with Crippen molar-refractivity contribution in [2.75, 3.05) is 6.54 Å². The molecule has 19 heavy (non-hydrogen) atoms. The molecule has 1 atom stereocenters. The second-order valence-corrected chi connectivity index (χ2v) is 4.91. The summed E-state index contributed by atoms with van der Waals surface area (Å²) in [4.78, 5) is 0. The van der Waals surface area contributed by atoms with E-state index in [1.807, 2.05) is 6.92 Å². The Labute approximate surface area is 111 Å². The summed E-state index contributed by atoms with van der Waals surface area (Å²) in [5, 5.41) is 3.37. The van der Waals surface area contributed by atoms with Gasteiger partial charge in [-0.25, -0.2) is 0 Å². The van der Waals surface area contributed by atoms with Gasteiger partial charge in [-0.05, 0) is 31.9 Å². The van der Waals surface area contributed by atoms with E-state index in [0.717, 1.165) is 32.2 Å². The van der Waals surface area contributed by atoms with Crippen LogP contribution in [0.3, 0.4) is 0 Å². The maximum atomic E-state index is 12.5. The normalized spacial score (nSPS) is 23.6. The summed E-state index contributed by atoms with van der Waals surface area (Å²) >= 11 is 0. The fourth-order valence-corrected chi connectivity index (χ4v) is 2.89. The average Bonchev–Trinajstić information content (AvgIpc) is 2.78. The molecule has 1 saturated heterocycles. The maximum Gasteiger partial charge on any atom is 0.573 e. The van der Waals surface area contributed by atoms with Gasteiger partial charge in [0.1, 0.15) is 5.75 Å². The topological polar surface area (TPSA) is 21.3 Å². The number of para-hydroxylation sites is 1. The SMILES string of the molecule is CCCC1(c2ccccc2OC(F)(F)F)CCCN1. The Balaban J connectivity index is 2.37. The number of rotatable bonds is 4. The minimum Gasteiger partial charge on any atom is -0.405 e. The van der Waals surface area contributed by atoms with Crippen LogP contribution in [0.5, 0.6) is 5.75 Å². The van der Waals surface area contributed by atoms with E-state index in [0.29, 0.717) is 5.56 Å². The summed E-state index contributed by atoms with van der Waals surface area (Å²) in [6, 6.07) is 6.45. The van der Waals surface area contributed by atoms with Crippen LogP contribution in [0, 0.1) is 0 Å². The van der Waals surface area contributed by atoms with E-state index in [2.05, 4.69) is 10.1 Å². The van der Waals surface area contributed by atoms with Crippen molar-refractivity contribution >= 4 is 0 Å². The second-order valence-electron chi connectivity index (χ2n) is 4.91. The fourth-order valence-electron chi connectivity index (χ4n) is 2.89. The third kappa shape index (κ3) is 3.21. The summed E-state index contributed by atoms with van der Waals surface area (Å²) in [6.07, 6.45) is -1.11. The molecule has 0 saturated carbocycles. The minimum atomic E-state index is -4.65. The quantitative estimate of drug-likeness (QED) is 0.896. The first kappa shape index (κ1) is 14.2. The number of nitrogens with one attached hydrogen (secondary N) is 1. The van der Waals surface area contributed by atoms with Gasteiger partial charge in [0.15, 0.2) is 0 Å². The molecule has 0 radical (unpaired) electrons. The second kappa shape index (κ2) is 5.41. The van der Waals surface area contributed by atoms with Gasteiger partial charge in [0.25, 0.3) is 0 Å². The van der Waals surface area contributed by atoms with E-state index in [1.54, 1.807) is 18.2 Å². The number of hydrogen-bond acceptors (Lipinski definition) is 2. The van der Waals surface area contributed by atoms with Crippen molar-refractivity contribution in [1.82, 2.24) is 5.32 Å². The number of halogens is 3. The average molecular weight is 273 g/mol. The predicted molar refractivity (Wildman–Crippen MR) is 66.9 cm³/mol. The van der Waals surface area contributed by atoms with Gasteiger partial charge in [-0.15, -0.1) is 13.2 Å². The highest BCUT2D eigenvalue weighted by molar-refractivity contribution is 5.40. The summed E-state index contributed by atoms with van der Waals surface area (Å²) in [5.41, 5.74) is 0.239. The van der Waals surface area contributed by atoms with Crippen LogP contribution < -0.4 is 10.1 Å². The summed E-state index contributed by atoms with van der Waals surface area (Å²) < 4.78 is 41.6. The number of hydrogen-bond donors (Lipinski definition) is 1. The van der Waals surface area contributed by atoms with Gasteiger partial charge in [-0.1, -0.05) is 31.5 Å². The zero-order valence-corrected chi connectivity index (χ0v) is 10.9. The summed E-state index contributed by atoms with van der Waals surface area (Å²) in [7, 11) is 0. The molecule has 0 bridgehead atoms. The first-order valence-corrected chi connectivity index (χ1v) is 6.57. The van der Waals surface area contributed by atoms with Gasteiger partial charge < -0.3 is 10.1 Å². The third-order valence-electron chi connectivity index (χ3n) is 3.55. The zero-order chi connectivity index (χ0) is 13.9. The van der Waals surface area contributed by atoms with E-state index in [9.17, 15) is 13.2 Å². The largest absolute Gasteiger partial charge is 0.573 e. The highest BCUT2D eigenvalue weighted by Gasteiger charge is 2.39. The van der Waals surface area contributed by atoms with Crippen molar-refractivity contribution in [3.63, 3.8) is 0 Å². The lowest BCUT2D eigenvalue weighted by atomic mass is 9.84. The van der Waals surface area contributed by atoms with E-state index in [1.165, 1.54) is 6.07 Å². The molecule has 1 aliphatic heterocycles. The highest BCUT2D eigenvalue weighted by Crippen LogP contribution is 2.41. The Morgan fingerprint density at radius 1 is 1.32 bits per heavy atom. The van der Waals surface area contributed by atoms with Crippen LogP contribution in [-0.2, 0) is 5.54 Å². The molecule has 1 heterocycles. The van der Waals surface area contributed by atoms with Crippen LogP contribution in [0.4, 0.5) is 13.2 Å². The number of benzene rings is 1. The molecule has 0 amide bonds. The zero-order valence-electron chi connectivity index (χ0n) is 10.9. The van der Waals surface area contributed by atoms with Crippen molar-refractivity contribution < 1.29 is 17.9 Å². The molecule has 1 fully saturated rings. The highest BCUT2D eigenvalue weighted by atomic mass is 19.4. The first-order valence-electron chi connectivity index (χ1n) is 6.57. The molecule has 1 unspecified atom stereocenters. The molecule has 1 N–H and O–H groups in total. The Kier molecular flexibility index (Phi) is 4.04. The Bertz CT molecular complexity index is 425. The van der Waals surface area contributed by atoms with E-state index in [4.69, 9.17) is 0 Å². The predicted octanol–water partition coefficient (Wildman–Crippen LogP) is 3.96. The van der Waals surface area contributed by atoms with Gasteiger partial charge in [0, 0.05) is 11.1 Å². The van der Waals surface area contributed by atoms with Crippen LogP contribution in [0.25, 0.3) is 0 Å². The van der Waals surface area contributed by atoms with Crippen molar-refractivity contribution in [3.8, 4) is 5.75 Å². The van der Waals surface area contributed by atoms with Crippen LogP contribution in [0.2, 0.25) is 0 Å². The molecule has 0 aromatic heterocycles. The molecular formula is C14H18F3NO. The number of alkyl halides is 3. The first-order chi connectivity index (χ1) is 8.97. The lowest BCUT2D eigenvalue weighted by molar-refractivity contribution is -0.275. The molecule has 1 aromatic rings. The van der Waals surface area contributed by atoms with E-state index < -0.39 is 6.36 Å². The Morgan fingerprint density at radius 2 is 2.05 bits per heavy atom. The van der Waals surface area contributed by atoms with E-state index in [-0.39, 0.29) is 11.3 Å². The summed E-state index contributed by atoms with van der Waals surface area (Å²) in [5.74, 6) is -0.0853. The van der Waals surface area contributed by atoms with Crippen molar-refractivity contribution in [3.05, 3.63) is 29.8 Å². The molecule has 2 rings (SSSR count). The monoisotopic (exact) mass is 273 g/mol. The molecule has 106 valence electrons.